The maximum absolute atomic E-state index is 12.8. The van der Waals surface area contributed by atoms with Crippen LogP contribution >= 0.6 is 0 Å². The van der Waals surface area contributed by atoms with E-state index in [1.165, 1.54) is 35.0 Å². The molecule has 0 bridgehead atoms. The van der Waals surface area contributed by atoms with E-state index in [-0.39, 0.29) is 5.91 Å². The van der Waals surface area contributed by atoms with Crippen molar-refractivity contribution in [3.63, 3.8) is 0 Å². The number of benzene rings is 2. The van der Waals surface area contributed by atoms with E-state index in [1.807, 2.05) is 30.3 Å². The van der Waals surface area contributed by atoms with Crippen molar-refractivity contribution in [1.29, 1.82) is 0 Å². The second kappa shape index (κ2) is 7.06. The number of carbonyl (C=O) groups is 1. The Morgan fingerprint density at radius 2 is 1.90 bits per heavy atom. The Labute approximate surface area is 174 Å². The normalized spacial score (nSPS) is 13.5. The van der Waals surface area contributed by atoms with E-state index in [2.05, 4.69) is 28.0 Å². The first-order valence-electron chi connectivity index (χ1n) is 10.3. The molecule has 2 aromatic carbocycles. The molecule has 152 valence electrons. The molecule has 0 radical (unpaired) electrons. The van der Waals surface area contributed by atoms with E-state index < -0.39 is 0 Å². The predicted octanol–water partition coefficient (Wildman–Crippen LogP) is 3.70. The van der Waals surface area contributed by atoms with Crippen molar-refractivity contribution in [3.8, 4) is 0 Å². The van der Waals surface area contributed by atoms with E-state index in [4.69, 9.17) is 11.5 Å². The van der Waals surface area contributed by atoms with Gasteiger partial charge < -0.3 is 21.4 Å². The molecule has 0 atom stereocenters. The lowest BCUT2D eigenvalue weighted by atomic mass is 9.95. The molecule has 1 aliphatic rings. The molecule has 4 aromatic rings. The maximum Gasteiger partial charge on any atom is 0.251 e. The molecule has 6 heteroatoms. The number of pyridine rings is 1. The van der Waals surface area contributed by atoms with E-state index in [0.29, 0.717) is 23.6 Å². The number of aromatic nitrogens is 2. The number of nitrogens with zero attached hydrogens (tertiary/aromatic N) is 2. The summed E-state index contributed by atoms with van der Waals surface area (Å²) < 4.78 is 2.28. The summed E-state index contributed by atoms with van der Waals surface area (Å²) in [6.45, 7) is 0.420. The third kappa shape index (κ3) is 3.05. The van der Waals surface area contributed by atoms with Crippen LogP contribution in [-0.2, 0) is 26.4 Å². The average Bonchev–Trinajstić information content (AvgIpc) is 3.04. The molecule has 5 N–H and O–H groups in total. The molecule has 2 aromatic heterocycles. The van der Waals surface area contributed by atoms with E-state index in [9.17, 15) is 4.79 Å². The van der Waals surface area contributed by atoms with Crippen LogP contribution in [0.5, 0.6) is 0 Å². The lowest BCUT2D eigenvalue weighted by molar-refractivity contribution is 0.0951. The quantitative estimate of drug-likeness (QED) is 0.489. The smallest absolute Gasteiger partial charge is 0.251 e. The van der Waals surface area contributed by atoms with Crippen LogP contribution in [0.3, 0.4) is 0 Å². The first kappa shape index (κ1) is 18.5. The van der Waals surface area contributed by atoms with Gasteiger partial charge in [0.1, 0.15) is 5.82 Å². The Hall–Kier alpha value is -3.54. The van der Waals surface area contributed by atoms with Crippen molar-refractivity contribution < 1.29 is 4.79 Å². The lowest BCUT2D eigenvalue weighted by Crippen LogP contribution is -2.22. The van der Waals surface area contributed by atoms with Gasteiger partial charge in [-0.1, -0.05) is 6.07 Å². The molecule has 0 aliphatic heterocycles. The van der Waals surface area contributed by atoms with Crippen LogP contribution in [0.15, 0.2) is 42.5 Å². The van der Waals surface area contributed by atoms with Gasteiger partial charge in [-0.05, 0) is 67.1 Å². The van der Waals surface area contributed by atoms with E-state index in [0.717, 1.165) is 29.3 Å². The number of anilines is 2. The van der Waals surface area contributed by atoms with Gasteiger partial charge in [0.05, 0.1) is 5.52 Å². The van der Waals surface area contributed by atoms with Crippen LogP contribution in [0.2, 0.25) is 0 Å². The van der Waals surface area contributed by atoms with Crippen LogP contribution in [0, 0.1) is 0 Å². The third-order valence-electron chi connectivity index (χ3n) is 6.17. The Morgan fingerprint density at radius 3 is 2.77 bits per heavy atom. The third-order valence-corrected chi connectivity index (χ3v) is 6.17. The molecule has 0 saturated carbocycles. The first-order chi connectivity index (χ1) is 14.5. The van der Waals surface area contributed by atoms with Gasteiger partial charge in [0.2, 0.25) is 0 Å². The fourth-order valence-corrected chi connectivity index (χ4v) is 4.62. The molecular formula is C24H25N5O. The first-order valence-corrected chi connectivity index (χ1v) is 10.3. The van der Waals surface area contributed by atoms with Crippen molar-refractivity contribution in [2.75, 3.05) is 11.5 Å². The summed E-state index contributed by atoms with van der Waals surface area (Å²) in [7, 11) is 2.13. The molecule has 0 fully saturated rings. The second-order valence-corrected chi connectivity index (χ2v) is 8.09. The van der Waals surface area contributed by atoms with Gasteiger partial charge in [-0.15, -0.1) is 0 Å². The zero-order chi connectivity index (χ0) is 20.8. The minimum atomic E-state index is -0.0752. The van der Waals surface area contributed by atoms with E-state index >= 15 is 0 Å². The van der Waals surface area contributed by atoms with Gasteiger partial charge >= 0.3 is 0 Å². The Bertz CT molecular complexity index is 1300. The van der Waals surface area contributed by atoms with Crippen LogP contribution in [0.4, 0.5) is 11.5 Å². The molecule has 2 heterocycles. The maximum atomic E-state index is 12.8. The zero-order valence-electron chi connectivity index (χ0n) is 17.0. The molecule has 0 saturated heterocycles. The van der Waals surface area contributed by atoms with Crippen molar-refractivity contribution >= 4 is 39.2 Å². The monoisotopic (exact) mass is 399 g/mol. The largest absolute Gasteiger partial charge is 0.398 e. The number of nitrogens with two attached hydrogens (primary N) is 2. The fourth-order valence-electron chi connectivity index (χ4n) is 4.62. The summed E-state index contributed by atoms with van der Waals surface area (Å²) >= 11 is 0. The Kier molecular flexibility index (Phi) is 4.35. The Balaban J connectivity index is 1.39. The molecule has 6 nitrogen and oxygen atoms in total. The van der Waals surface area contributed by atoms with Crippen LogP contribution in [-0.4, -0.2) is 15.5 Å². The number of nitrogen functional groups attached to an aromatic ring is 2. The number of fused-ring (bicyclic) bond motifs is 4. The van der Waals surface area contributed by atoms with Crippen molar-refractivity contribution in [1.82, 2.24) is 14.9 Å². The van der Waals surface area contributed by atoms with Gasteiger partial charge in [0, 0.05) is 52.9 Å². The van der Waals surface area contributed by atoms with Gasteiger partial charge in [-0.25, -0.2) is 4.98 Å². The minimum Gasteiger partial charge on any atom is -0.398 e. The molecular weight excluding hydrogens is 374 g/mol. The second-order valence-electron chi connectivity index (χ2n) is 8.09. The SMILES string of the molecule is Cn1c2c(c3cc(C(=O)NCc4ccc5nc(N)cc(N)c5c4)ccc31)CCCC2. The highest BCUT2D eigenvalue weighted by Crippen LogP contribution is 2.32. The van der Waals surface area contributed by atoms with Crippen molar-refractivity contribution in [2.24, 2.45) is 7.05 Å². The zero-order valence-corrected chi connectivity index (χ0v) is 17.0. The molecule has 30 heavy (non-hydrogen) atoms. The average molecular weight is 399 g/mol. The van der Waals surface area contributed by atoms with Crippen molar-refractivity contribution in [3.05, 3.63) is 64.8 Å². The van der Waals surface area contributed by atoms with Crippen LogP contribution in [0.1, 0.15) is 40.0 Å². The number of nitrogens with one attached hydrogen (secondary N) is 1. The fraction of sp³-hybridized carbons (Fsp3) is 0.250. The predicted molar refractivity (Wildman–Crippen MR) is 121 cm³/mol. The van der Waals surface area contributed by atoms with E-state index in [1.54, 1.807) is 6.07 Å². The summed E-state index contributed by atoms with van der Waals surface area (Å²) in [6, 6.07) is 13.4. The van der Waals surface area contributed by atoms with Gasteiger partial charge in [-0.2, -0.15) is 0 Å². The summed E-state index contributed by atoms with van der Waals surface area (Å²) in [6.07, 6.45) is 4.67. The number of aryl methyl sites for hydroxylation is 2. The summed E-state index contributed by atoms with van der Waals surface area (Å²) in [5.41, 5.74) is 18.9. The Morgan fingerprint density at radius 1 is 1.07 bits per heavy atom. The molecule has 1 aliphatic carbocycles. The number of hydrogen-bond acceptors (Lipinski definition) is 4. The van der Waals surface area contributed by atoms with Crippen molar-refractivity contribution in [2.45, 2.75) is 32.2 Å². The number of rotatable bonds is 3. The highest BCUT2D eigenvalue weighted by Gasteiger charge is 2.19. The number of hydrogen-bond donors (Lipinski definition) is 3. The van der Waals surface area contributed by atoms with Crippen LogP contribution in [0.25, 0.3) is 21.8 Å². The minimum absolute atomic E-state index is 0.0752. The topological polar surface area (TPSA) is 99.0 Å². The highest BCUT2D eigenvalue weighted by atomic mass is 16.1. The van der Waals surface area contributed by atoms with Gasteiger partial charge in [-0.3, -0.25) is 4.79 Å². The summed E-state index contributed by atoms with van der Waals surface area (Å²) in [5, 5.41) is 5.08. The summed E-state index contributed by atoms with van der Waals surface area (Å²) in [4.78, 5) is 17.1. The van der Waals surface area contributed by atoms with Crippen LogP contribution < -0.4 is 16.8 Å². The lowest BCUT2D eigenvalue weighted by Gasteiger charge is -2.13. The summed E-state index contributed by atoms with van der Waals surface area (Å²) in [5.74, 6) is 0.327. The molecule has 1 amide bonds. The molecule has 5 rings (SSSR count). The molecule has 0 spiro atoms. The van der Waals surface area contributed by atoms with Gasteiger partial charge in [0.25, 0.3) is 5.91 Å². The standard InChI is InChI=1S/C24H25N5O/c1-29-21-5-3-2-4-16(21)17-11-15(7-9-22(17)29)24(30)27-13-14-6-8-20-18(10-14)19(25)12-23(26)28-20/h6-12H,2-5,13H2,1H3,(H,27,30)(H4,25,26,28). The molecule has 0 unspecified atom stereocenters. The number of carbonyl (C=O) groups excluding carboxylic acids is 1. The van der Waals surface area contributed by atoms with Gasteiger partial charge in [0.15, 0.2) is 0 Å². The highest BCUT2D eigenvalue weighted by molar-refractivity contribution is 5.99. The number of amides is 1.